The summed E-state index contributed by atoms with van der Waals surface area (Å²) < 4.78 is 6.94. The third-order valence-corrected chi connectivity index (χ3v) is 4.60. The third-order valence-electron chi connectivity index (χ3n) is 4.60. The van der Waals surface area contributed by atoms with Crippen LogP contribution in [0.1, 0.15) is 17.5 Å². The first-order valence-corrected chi connectivity index (χ1v) is 8.58. The minimum atomic E-state index is -1.29. The molecule has 0 radical (unpaired) electrons. The Morgan fingerprint density at radius 1 is 1.18 bits per heavy atom. The molecule has 28 heavy (non-hydrogen) atoms. The van der Waals surface area contributed by atoms with Crippen LogP contribution in [0.4, 0.5) is 5.95 Å². The summed E-state index contributed by atoms with van der Waals surface area (Å²) in [6.07, 6.45) is -1.69. The maximum Gasteiger partial charge on any atom is 0.222 e. The van der Waals surface area contributed by atoms with Crippen LogP contribution in [-0.4, -0.2) is 64.9 Å². The van der Waals surface area contributed by atoms with E-state index >= 15 is 0 Å². The van der Waals surface area contributed by atoms with Crippen molar-refractivity contribution in [1.82, 2.24) is 19.5 Å². The number of rotatable bonds is 4. The lowest BCUT2D eigenvalue weighted by Gasteiger charge is -2.16. The highest BCUT2D eigenvalue weighted by molar-refractivity contribution is 5.87. The summed E-state index contributed by atoms with van der Waals surface area (Å²) >= 11 is 0. The number of anilines is 1. The number of nitrogens with two attached hydrogens (primary N) is 1. The first kappa shape index (κ1) is 18.3. The van der Waals surface area contributed by atoms with Crippen molar-refractivity contribution in [3.8, 4) is 0 Å². The number of benzene rings is 1. The van der Waals surface area contributed by atoms with Crippen LogP contribution in [-0.2, 0) is 4.74 Å². The predicted molar refractivity (Wildman–Crippen MR) is 99.7 cm³/mol. The van der Waals surface area contributed by atoms with Gasteiger partial charge in [0, 0.05) is 11.6 Å². The molecule has 0 spiro atoms. The highest BCUT2D eigenvalue weighted by atomic mass is 16.6. The highest BCUT2D eigenvalue weighted by Crippen LogP contribution is 2.32. The summed E-state index contributed by atoms with van der Waals surface area (Å²) in [4.78, 5) is 12.5. The van der Waals surface area contributed by atoms with Gasteiger partial charge in [-0.25, -0.2) is 9.97 Å². The minimum Gasteiger partial charge on any atom is -0.507 e. The predicted octanol–water partition coefficient (Wildman–Crippen LogP) is 0.0761. The molecule has 0 amide bonds. The van der Waals surface area contributed by atoms with Crippen molar-refractivity contribution in [3.05, 3.63) is 47.9 Å². The first-order chi connectivity index (χ1) is 13.5. The normalized spacial score (nSPS) is 25.5. The van der Waals surface area contributed by atoms with Gasteiger partial charge in [-0.15, -0.1) is 0 Å². The van der Waals surface area contributed by atoms with Gasteiger partial charge >= 0.3 is 0 Å². The van der Waals surface area contributed by atoms with E-state index in [0.717, 1.165) is 0 Å². The molecule has 3 heterocycles. The van der Waals surface area contributed by atoms with Crippen molar-refractivity contribution >= 4 is 28.9 Å². The van der Waals surface area contributed by atoms with E-state index in [1.807, 2.05) is 6.07 Å². The Morgan fingerprint density at radius 2 is 1.93 bits per heavy atom. The summed E-state index contributed by atoms with van der Waals surface area (Å²) in [6.45, 7) is -0.447. The van der Waals surface area contributed by atoms with E-state index in [2.05, 4.69) is 15.0 Å². The highest BCUT2D eigenvalue weighted by Gasteiger charge is 2.44. The molecule has 3 aromatic rings. The average Bonchev–Trinajstić information content (AvgIpc) is 3.23. The molecule has 6 N–H and O–H groups in total. The molecule has 2 aromatic heterocycles. The molecular weight excluding hydrogens is 366 g/mol. The van der Waals surface area contributed by atoms with E-state index in [0.29, 0.717) is 11.1 Å². The smallest absolute Gasteiger partial charge is 0.222 e. The molecule has 4 rings (SSSR count). The van der Waals surface area contributed by atoms with Gasteiger partial charge in [0.15, 0.2) is 11.9 Å². The second kappa shape index (κ2) is 7.17. The van der Waals surface area contributed by atoms with E-state index < -0.39 is 31.1 Å². The Balaban J connectivity index is 1.78. The number of ether oxygens (including phenoxy) is 1. The van der Waals surface area contributed by atoms with Crippen molar-refractivity contribution in [2.75, 3.05) is 12.3 Å². The summed E-state index contributed by atoms with van der Waals surface area (Å²) in [5.74, 6) is -0.0874. The van der Waals surface area contributed by atoms with Gasteiger partial charge in [0.2, 0.25) is 5.95 Å². The molecule has 146 valence electrons. The van der Waals surface area contributed by atoms with Crippen molar-refractivity contribution < 1.29 is 25.2 Å². The summed E-state index contributed by atoms with van der Waals surface area (Å²) in [7, 11) is 0. The topological polar surface area (TPSA) is 160 Å². The van der Waals surface area contributed by atoms with Crippen LogP contribution in [0.25, 0.3) is 23.0 Å². The molecule has 1 aromatic carbocycles. The summed E-state index contributed by atoms with van der Waals surface area (Å²) in [6, 6.07) is 8.90. The van der Waals surface area contributed by atoms with Crippen LogP contribution in [0.15, 0.2) is 36.7 Å². The zero-order chi connectivity index (χ0) is 19.8. The number of aliphatic hydroxyl groups excluding tert-OH is 4. The van der Waals surface area contributed by atoms with E-state index in [-0.39, 0.29) is 23.0 Å². The number of imidazole rings is 1. The molecule has 1 saturated heterocycles. The van der Waals surface area contributed by atoms with Crippen molar-refractivity contribution in [2.24, 2.45) is 0 Å². The monoisotopic (exact) mass is 385 g/mol. The van der Waals surface area contributed by atoms with Crippen molar-refractivity contribution in [2.45, 2.75) is 24.5 Å². The lowest BCUT2D eigenvalue weighted by Crippen LogP contribution is -2.33. The quantitative estimate of drug-likeness (QED) is 0.392. The number of hydrogen-bond acceptors (Lipinski definition) is 9. The fourth-order valence-corrected chi connectivity index (χ4v) is 3.17. The first-order valence-electron chi connectivity index (χ1n) is 8.58. The van der Waals surface area contributed by atoms with E-state index in [1.54, 1.807) is 24.3 Å². The van der Waals surface area contributed by atoms with Crippen LogP contribution in [0, 0.1) is 0 Å². The van der Waals surface area contributed by atoms with E-state index in [9.17, 15) is 20.4 Å². The Labute approximate surface area is 159 Å². The number of hydrogen-bond donors (Lipinski definition) is 5. The Morgan fingerprint density at radius 3 is 2.61 bits per heavy atom. The van der Waals surface area contributed by atoms with Gasteiger partial charge in [0.25, 0.3) is 0 Å². The lowest BCUT2D eigenvalue weighted by atomic mass is 10.1. The Bertz CT molecular complexity index is 1020. The van der Waals surface area contributed by atoms with Crippen molar-refractivity contribution in [1.29, 1.82) is 0 Å². The maximum atomic E-state index is 10.4. The molecule has 4 atom stereocenters. The van der Waals surface area contributed by atoms with Crippen LogP contribution in [0.2, 0.25) is 0 Å². The average molecular weight is 385 g/mol. The van der Waals surface area contributed by atoms with Crippen LogP contribution in [0.3, 0.4) is 0 Å². The van der Waals surface area contributed by atoms with Gasteiger partial charge < -0.3 is 30.9 Å². The van der Waals surface area contributed by atoms with Gasteiger partial charge in [0.05, 0.1) is 12.9 Å². The fourth-order valence-electron chi connectivity index (χ4n) is 3.17. The molecule has 0 bridgehead atoms. The third kappa shape index (κ3) is 3.08. The van der Waals surface area contributed by atoms with Crippen molar-refractivity contribution in [3.63, 3.8) is 0 Å². The number of aliphatic hydroxyl groups is 4. The minimum absolute atomic E-state index is 0.0255. The standard InChI is InChI=1S/C18H19N5O5/c19-18-21-10(6-11(25)9-4-2-1-3-5-9)13-16(22-18)23(8-20-13)17-15(27)14(26)12(7-24)28-17/h1-6,8,12,14-15,17,24-27H,7H2,(H2,19,21,22)/b11-6+/t12-,14+,15+,17-/m0/s1. The second-order valence-corrected chi connectivity index (χ2v) is 6.42. The largest absolute Gasteiger partial charge is 0.507 e. The van der Waals surface area contributed by atoms with Gasteiger partial charge in [-0.2, -0.15) is 4.98 Å². The SMILES string of the molecule is Nc1nc(/C=C(/O)c2ccccc2)c2ncn([C@H]3O[C@@H](CO)[C@@H](O)[C@H]3O)c2n1. The van der Waals surface area contributed by atoms with Crippen LogP contribution < -0.4 is 5.73 Å². The van der Waals surface area contributed by atoms with Gasteiger partial charge in [-0.1, -0.05) is 30.3 Å². The molecule has 0 unspecified atom stereocenters. The summed E-state index contributed by atoms with van der Waals surface area (Å²) in [5, 5.41) is 39.9. The second-order valence-electron chi connectivity index (χ2n) is 6.42. The zero-order valence-electron chi connectivity index (χ0n) is 14.6. The number of aromatic nitrogens is 4. The Hall–Kier alpha value is -3.05. The summed E-state index contributed by atoms with van der Waals surface area (Å²) in [5.41, 5.74) is 7.28. The number of fused-ring (bicyclic) bond motifs is 1. The number of nitrogens with zero attached hydrogens (tertiary/aromatic N) is 4. The van der Waals surface area contributed by atoms with Crippen LogP contribution in [0.5, 0.6) is 0 Å². The molecule has 10 nitrogen and oxygen atoms in total. The zero-order valence-corrected chi connectivity index (χ0v) is 14.6. The number of nitrogen functional groups attached to an aromatic ring is 1. The molecular formula is C18H19N5O5. The molecule has 1 fully saturated rings. The maximum absolute atomic E-state index is 10.4. The van der Waals surface area contributed by atoms with Gasteiger partial charge in [0.1, 0.15) is 35.3 Å². The van der Waals surface area contributed by atoms with Crippen LogP contribution >= 0.6 is 0 Å². The Kier molecular flexibility index (Phi) is 4.69. The van der Waals surface area contributed by atoms with Gasteiger partial charge in [-0.05, 0) is 0 Å². The molecule has 10 heteroatoms. The molecule has 1 aliphatic heterocycles. The van der Waals surface area contributed by atoms with E-state index in [1.165, 1.54) is 17.0 Å². The fraction of sp³-hybridized carbons (Fsp3) is 0.278. The van der Waals surface area contributed by atoms with Gasteiger partial charge in [-0.3, -0.25) is 4.57 Å². The lowest BCUT2D eigenvalue weighted by molar-refractivity contribution is -0.0511. The van der Waals surface area contributed by atoms with E-state index in [4.69, 9.17) is 10.5 Å². The molecule has 0 aliphatic carbocycles. The molecule has 0 saturated carbocycles. The molecule has 1 aliphatic rings.